The molecule has 0 bridgehead atoms. The minimum atomic E-state index is -0.0584. The van der Waals surface area contributed by atoms with Crippen LogP contribution in [0.2, 0.25) is 4.34 Å². The van der Waals surface area contributed by atoms with Crippen LogP contribution in [0, 0.1) is 13.8 Å². The Balaban J connectivity index is 1.66. The monoisotopic (exact) mass is 430 g/mol. The normalized spacial score (nSPS) is 11.2. The van der Waals surface area contributed by atoms with Gasteiger partial charge in [-0.1, -0.05) is 35.1 Å². The lowest BCUT2D eigenvalue weighted by Gasteiger charge is -2.19. The fourth-order valence-electron chi connectivity index (χ4n) is 3.04. The van der Waals surface area contributed by atoms with Gasteiger partial charge in [-0.2, -0.15) is 0 Å². The molecule has 0 spiro atoms. The molecule has 5 nitrogen and oxygen atoms in total. The van der Waals surface area contributed by atoms with E-state index in [0.29, 0.717) is 15.8 Å². The third-order valence-corrected chi connectivity index (χ3v) is 6.98. The summed E-state index contributed by atoms with van der Waals surface area (Å²) in [6.07, 6.45) is 6.27. The second-order valence-corrected chi connectivity index (χ2v) is 9.28. The van der Waals surface area contributed by atoms with Crippen LogP contribution in [0.4, 0.5) is 5.13 Å². The minimum absolute atomic E-state index is 0.0584. The number of hydrogen-bond acceptors (Lipinski definition) is 5. The highest BCUT2D eigenvalue weighted by molar-refractivity contribution is 7.22. The van der Waals surface area contributed by atoms with Crippen LogP contribution >= 0.6 is 34.3 Å². The molecule has 4 rings (SSSR count). The summed E-state index contributed by atoms with van der Waals surface area (Å²) in [4.78, 5) is 24.5. The van der Waals surface area contributed by atoms with Crippen molar-refractivity contribution >= 4 is 55.5 Å². The van der Waals surface area contributed by atoms with E-state index in [0.717, 1.165) is 33.9 Å². The number of amides is 1. The fourth-order valence-corrected chi connectivity index (χ4v) is 5.17. The Kier molecular flexibility index (Phi) is 5.48. The molecule has 0 aliphatic heterocycles. The van der Waals surface area contributed by atoms with Gasteiger partial charge < -0.3 is 4.57 Å². The number of anilines is 1. The quantitative estimate of drug-likeness (QED) is 0.402. The van der Waals surface area contributed by atoms with E-state index in [4.69, 9.17) is 16.6 Å². The molecule has 0 N–H and O–H groups in total. The van der Waals surface area contributed by atoms with E-state index in [2.05, 4.69) is 31.0 Å². The number of benzene rings is 1. The lowest BCUT2D eigenvalue weighted by Crippen LogP contribution is -2.31. The molecule has 0 saturated carbocycles. The van der Waals surface area contributed by atoms with Gasteiger partial charge in [0, 0.05) is 25.5 Å². The molecule has 3 aromatic heterocycles. The molecule has 144 valence electrons. The first-order valence-electron chi connectivity index (χ1n) is 8.92. The zero-order valence-electron chi connectivity index (χ0n) is 15.6. The number of thiazole rings is 1. The Morgan fingerprint density at radius 3 is 2.68 bits per heavy atom. The molecule has 28 heavy (non-hydrogen) atoms. The summed E-state index contributed by atoms with van der Waals surface area (Å²) in [5.41, 5.74) is 3.26. The Morgan fingerprint density at radius 1 is 1.18 bits per heavy atom. The van der Waals surface area contributed by atoms with Crippen LogP contribution in [0.3, 0.4) is 0 Å². The van der Waals surface area contributed by atoms with E-state index in [1.165, 1.54) is 16.9 Å². The Bertz CT molecular complexity index is 1080. The summed E-state index contributed by atoms with van der Waals surface area (Å²) in [7, 11) is 0. The molecule has 0 aliphatic carbocycles. The molecule has 0 saturated heterocycles. The average molecular weight is 431 g/mol. The number of rotatable bonds is 6. The van der Waals surface area contributed by atoms with Gasteiger partial charge in [0.25, 0.3) is 5.91 Å². The van der Waals surface area contributed by atoms with Gasteiger partial charge in [-0.15, -0.1) is 11.3 Å². The minimum Gasteiger partial charge on any atom is -0.337 e. The maximum absolute atomic E-state index is 13.2. The topological polar surface area (TPSA) is 51.0 Å². The smallest absolute Gasteiger partial charge is 0.270 e. The van der Waals surface area contributed by atoms with E-state index in [-0.39, 0.29) is 5.91 Å². The van der Waals surface area contributed by atoms with Crippen LogP contribution < -0.4 is 4.90 Å². The number of nitrogens with zero attached hydrogens (tertiary/aromatic N) is 4. The van der Waals surface area contributed by atoms with Crippen LogP contribution in [0.1, 0.15) is 27.2 Å². The summed E-state index contributed by atoms with van der Waals surface area (Å²) >= 11 is 8.93. The van der Waals surface area contributed by atoms with E-state index < -0.39 is 0 Å². The number of aryl methyl sites for hydroxylation is 3. The van der Waals surface area contributed by atoms with Crippen molar-refractivity contribution in [2.45, 2.75) is 26.8 Å². The van der Waals surface area contributed by atoms with E-state index >= 15 is 0 Å². The van der Waals surface area contributed by atoms with Crippen LogP contribution in [-0.4, -0.2) is 27.0 Å². The Labute approximate surface area is 176 Å². The number of fused-ring (bicyclic) bond motifs is 1. The number of carbonyl (C=O) groups is 1. The standard InChI is InChI=1S/C20H19ClN4OS2/c1-13-4-5-14(2)18-17(13)23-20(28-18)25(10-3-9-24-11-8-22-12-24)19(26)15-6-7-16(21)27-15/h4-8,11-12H,3,9-10H2,1-2H3. The Morgan fingerprint density at radius 2 is 2.00 bits per heavy atom. The van der Waals surface area contributed by atoms with Crippen molar-refractivity contribution < 1.29 is 4.79 Å². The highest BCUT2D eigenvalue weighted by atomic mass is 35.5. The number of carbonyl (C=O) groups excluding carboxylic acids is 1. The van der Waals surface area contributed by atoms with Gasteiger partial charge >= 0.3 is 0 Å². The van der Waals surface area contributed by atoms with Crippen molar-refractivity contribution in [1.29, 1.82) is 0 Å². The molecule has 0 unspecified atom stereocenters. The van der Waals surface area contributed by atoms with Gasteiger partial charge in [0.1, 0.15) is 0 Å². The zero-order chi connectivity index (χ0) is 19.7. The van der Waals surface area contributed by atoms with Gasteiger partial charge in [0.05, 0.1) is 25.8 Å². The third kappa shape index (κ3) is 3.83. The van der Waals surface area contributed by atoms with Crippen molar-refractivity contribution in [3.05, 3.63) is 63.3 Å². The maximum atomic E-state index is 13.2. The second kappa shape index (κ2) is 8.03. The van der Waals surface area contributed by atoms with Crippen LogP contribution in [0.15, 0.2) is 43.0 Å². The van der Waals surface area contributed by atoms with E-state index in [1.807, 2.05) is 10.8 Å². The predicted molar refractivity (Wildman–Crippen MR) is 117 cm³/mol. The average Bonchev–Trinajstić information content (AvgIpc) is 3.42. The lowest BCUT2D eigenvalue weighted by molar-refractivity contribution is 0.0990. The Hall–Kier alpha value is -2.22. The van der Waals surface area contributed by atoms with E-state index in [9.17, 15) is 4.79 Å². The van der Waals surface area contributed by atoms with Crippen molar-refractivity contribution in [2.24, 2.45) is 0 Å². The molecule has 0 fully saturated rings. The lowest BCUT2D eigenvalue weighted by atomic mass is 10.1. The summed E-state index contributed by atoms with van der Waals surface area (Å²) < 4.78 is 3.75. The number of halogens is 1. The first-order chi connectivity index (χ1) is 13.5. The summed E-state index contributed by atoms with van der Waals surface area (Å²) in [5.74, 6) is -0.0584. The van der Waals surface area contributed by atoms with Crippen molar-refractivity contribution in [3.8, 4) is 0 Å². The van der Waals surface area contributed by atoms with Gasteiger partial charge in [-0.25, -0.2) is 9.97 Å². The zero-order valence-corrected chi connectivity index (χ0v) is 17.9. The summed E-state index contributed by atoms with van der Waals surface area (Å²) in [6, 6.07) is 7.72. The van der Waals surface area contributed by atoms with Crippen molar-refractivity contribution in [2.75, 3.05) is 11.4 Å². The number of aromatic nitrogens is 3. The third-order valence-electron chi connectivity index (χ3n) is 4.55. The predicted octanol–water partition coefficient (Wildman–Crippen LogP) is 5.56. The molecule has 0 radical (unpaired) electrons. The number of imidazole rings is 1. The van der Waals surface area contributed by atoms with Crippen molar-refractivity contribution in [3.63, 3.8) is 0 Å². The summed E-state index contributed by atoms with van der Waals surface area (Å²) in [5, 5.41) is 0.729. The molecule has 0 atom stereocenters. The molecule has 4 aromatic rings. The molecular weight excluding hydrogens is 412 g/mol. The van der Waals surface area contributed by atoms with Gasteiger partial charge in [-0.05, 0) is 43.5 Å². The highest BCUT2D eigenvalue weighted by Gasteiger charge is 2.23. The largest absolute Gasteiger partial charge is 0.337 e. The van der Waals surface area contributed by atoms with Gasteiger partial charge in [0.2, 0.25) is 0 Å². The van der Waals surface area contributed by atoms with Gasteiger partial charge in [-0.3, -0.25) is 9.69 Å². The fraction of sp³-hybridized carbons (Fsp3) is 0.250. The van der Waals surface area contributed by atoms with E-state index in [1.54, 1.807) is 40.9 Å². The molecule has 0 aliphatic rings. The molecule has 1 aromatic carbocycles. The maximum Gasteiger partial charge on any atom is 0.270 e. The highest BCUT2D eigenvalue weighted by Crippen LogP contribution is 2.34. The molecule has 8 heteroatoms. The molecule has 1 amide bonds. The van der Waals surface area contributed by atoms with Gasteiger partial charge in [0.15, 0.2) is 5.13 Å². The SMILES string of the molecule is Cc1ccc(C)c2sc(N(CCCn3ccnc3)C(=O)c3ccc(Cl)s3)nc12. The molecule has 3 heterocycles. The molecular formula is C20H19ClN4OS2. The van der Waals surface area contributed by atoms with Crippen LogP contribution in [0.5, 0.6) is 0 Å². The first kappa shape index (κ1) is 19.1. The number of thiophene rings is 1. The van der Waals surface area contributed by atoms with Crippen LogP contribution in [-0.2, 0) is 6.54 Å². The summed E-state index contributed by atoms with van der Waals surface area (Å²) in [6.45, 7) is 5.49. The van der Waals surface area contributed by atoms with Crippen LogP contribution in [0.25, 0.3) is 10.2 Å². The number of hydrogen-bond donors (Lipinski definition) is 0. The second-order valence-electron chi connectivity index (χ2n) is 6.59. The first-order valence-corrected chi connectivity index (χ1v) is 10.9. The van der Waals surface area contributed by atoms with Crippen molar-refractivity contribution in [1.82, 2.24) is 14.5 Å².